The molecule has 1 N–H and O–H groups in total. The molecule has 5 heteroatoms. The molecular weight excluding hydrogens is 167 g/mol. The molecule has 1 aromatic carbocycles. The highest BCUT2D eigenvalue weighted by Crippen LogP contribution is 2.11. The quantitative estimate of drug-likeness (QED) is 0.402. The predicted molar refractivity (Wildman–Crippen MR) is 54.7 cm³/mol. The molecule has 0 aliphatic carbocycles. The zero-order chi connectivity index (χ0) is 9.68. The number of hydrogen-bond acceptors (Lipinski definition) is 3. The summed E-state index contributed by atoms with van der Waals surface area (Å²) in [6, 6.07) is 6.74. The minimum Gasteiger partial charge on any atom is -0.497 e. The molecular formula is C8H12BN2O2-. The van der Waals surface area contributed by atoms with E-state index in [0.29, 0.717) is 0 Å². The molecule has 0 unspecified atom stereocenters. The lowest BCUT2D eigenvalue weighted by Gasteiger charge is -2.02. The zero-order valence-corrected chi connectivity index (χ0v) is 6.49. The highest BCUT2D eigenvalue weighted by Gasteiger charge is 2.02. The Hall–Kier alpha value is -1.36. The SMILES string of the molecule is [BH3-]NCCc1ccc([N+](=O)[O-])cc1. The van der Waals surface area contributed by atoms with Crippen LogP contribution in [0.15, 0.2) is 24.3 Å². The van der Waals surface area contributed by atoms with Crippen LogP contribution in [0.1, 0.15) is 5.56 Å². The van der Waals surface area contributed by atoms with Crippen molar-refractivity contribution in [2.75, 3.05) is 6.54 Å². The molecule has 0 amide bonds. The van der Waals surface area contributed by atoms with Crippen LogP contribution in [0.3, 0.4) is 0 Å². The maximum atomic E-state index is 10.3. The largest absolute Gasteiger partial charge is 0.497 e. The third-order valence-electron chi connectivity index (χ3n) is 1.56. The predicted octanol–water partition coefficient (Wildman–Crippen LogP) is 0.00730. The Bertz CT molecular complexity index is 287. The molecule has 0 fully saturated rings. The zero-order valence-electron chi connectivity index (χ0n) is 6.49. The molecule has 0 atom stereocenters. The Kier molecular flexibility index (Phi) is 3.46. The van der Waals surface area contributed by atoms with E-state index in [9.17, 15) is 10.1 Å². The Morgan fingerprint density at radius 1 is 1.38 bits per heavy atom. The van der Waals surface area contributed by atoms with Gasteiger partial charge in [0.05, 0.1) is 4.92 Å². The van der Waals surface area contributed by atoms with Gasteiger partial charge in [-0.1, -0.05) is 12.1 Å². The lowest BCUT2D eigenvalue weighted by Crippen LogP contribution is -2.12. The van der Waals surface area contributed by atoms with Crippen LogP contribution in [0.2, 0.25) is 0 Å². The third-order valence-corrected chi connectivity index (χ3v) is 1.56. The fourth-order valence-electron chi connectivity index (χ4n) is 0.929. The molecule has 0 radical (unpaired) electrons. The topological polar surface area (TPSA) is 55.2 Å². The van der Waals surface area contributed by atoms with E-state index in [-0.39, 0.29) is 18.6 Å². The van der Waals surface area contributed by atoms with E-state index < -0.39 is 0 Å². The molecule has 13 heavy (non-hydrogen) atoms. The second kappa shape index (κ2) is 4.62. The lowest BCUT2D eigenvalue weighted by atomic mass is 10.1. The van der Waals surface area contributed by atoms with Crippen LogP contribution in [-0.4, -0.2) is 19.4 Å². The minimum absolute atomic E-state index is 0.162. The van der Waals surface area contributed by atoms with Crippen molar-refractivity contribution >= 4 is 13.7 Å². The monoisotopic (exact) mass is 179 g/mol. The van der Waals surface area contributed by atoms with Gasteiger partial charge >= 0.3 is 0 Å². The van der Waals surface area contributed by atoms with Crippen molar-refractivity contribution in [3.05, 3.63) is 39.9 Å². The maximum Gasteiger partial charge on any atom is 0.269 e. The highest BCUT2D eigenvalue weighted by molar-refractivity contribution is 6.04. The van der Waals surface area contributed by atoms with Crippen molar-refractivity contribution in [1.29, 1.82) is 0 Å². The van der Waals surface area contributed by atoms with Crippen molar-refractivity contribution in [3.63, 3.8) is 0 Å². The van der Waals surface area contributed by atoms with Gasteiger partial charge in [-0.05, 0) is 18.5 Å². The van der Waals surface area contributed by atoms with E-state index in [2.05, 4.69) is 5.23 Å². The van der Waals surface area contributed by atoms with Crippen LogP contribution in [-0.2, 0) is 6.42 Å². The summed E-state index contributed by atoms with van der Waals surface area (Å²) >= 11 is 0. The Balaban J connectivity index is 2.64. The first-order chi connectivity index (χ1) is 6.24. The van der Waals surface area contributed by atoms with Gasteiger partial charge in [-0.15, -0.1) is 0 Å². The molecule has 0 saturated carbocycles. The number of nitrogens with zero attached hydrogens (tertiary/aromatic N) is 1. The van der Waals surface area contributed by atoms with Crippen molar-refractivity contribution < 1.29 is 4.92 Å². The van der Waals surface area contributed by atoms with Gasteiger partial charge in [0, 0.05) is 20.1 Å². The first kappa shape index (κ1) is 9.73. The second-order valence-electron chi connectivity index (χ2n) is 2.42. The molecule has 4 nitrogen and oxygen atoms in total. The fourth-order valence-corrected chi connectivity index (χ4v) is 0.929. The number of rotatable bonds is 4. The standard InChI is InChI=1S/C8H12BN2O2/c9-10-6-5-7-1-3-8(4-2-7)11(12)13/h1-4,10H,5-6H2,9H3/q-1. The summed E-state index contributed by atoms with van der Waals surface area (Å²) in [6.45, 7) is 0.998. The lowest BCUT2D eigenvalue weighted by molar-refractivity contribution is -0.384. The summed E-state index contributed by atoms with van der Waals surface area (Å²) in [4.78, 5) is 9.95. The minimum atomic E-state index is -0.375. The van der Waals surface area contributed by atoms with Gasteiger partial charge in [0.1, 0.15) is 0 Å². The number of non-ortho nitro benzene ring substituents is 1. The molecule has 0 heterocycles. The molecule has 0 aliphatic heterocycles. The van der Waals surface area contributed by atoms with Crippen molar-refractivity contribution in [2.45, 2.75) is 6.42 Å². The number of hydrogen-bond donors (Lipinski definition) is 1. The van der Waals surface area contributed by atoms with Crippen LogP contribution in [0.5, 0.6) is 0 Å². The van der Waals surface area contributed by atoms with Crippen LogP contribution in [0.25, 0.3) is 0 Å². The summed E-state index contributed by atoms with van der Waals surface area (Å²) in [5.41, 5.74) is 1.31. The molecule has 0 spiro atoms. The van der Waals surface area contributed by atoms with E-state index in [4.69, 9.17) is 0 Å². The average molecular weight is 179 g/mol. The van der Waals surface area contributed by atoms with E-state index in [1.807, 2.05) is 12.1 Å². The van der Waals surface area contributed by atoms with E-state index in [1.54, 1.807) is 12.1 Å². The first-order valence-electron chi connectivity index (χ1n) is 3.62. The van der Waals surface area contributed by atoms with Crippen LogP contribution >= 0.6 is 0 Å². The smallest absolute Gasteiger partial charge is 0.269 e. The second-order valence-corrected chi connectivity index (χ2v) is 2.42. The van der Waals surface area contributed by atoms with Crippen molar-refractivity contribution in [1.82, 2.24) is 5.23 Å². The first-order valence-corrected chi connectivity index (χ1v) is 3.62. The van der Waals surface area contributed by atoms with Crippen LogP contribution in [0.4, 0.5) is 5.69 Å². The van der Waals surface area contributed by atoms with E-state index in [1.165, 1.54) is 0 Å². The molecule has 1 rings (SSSR count). The van der Waals surface area contributed by atoms with Crippen LogP contribution in [0, 0.1) is 10.1 Å². The van der Waals surface area contributed by atoms with Gasteiger partial charge in [0.2, 0.25) is 0 Å². The fraction of sp³-hybridized carbons (Fsp3) is 0.250. The van der Waals surface area contributed by atoms with Crippen LogP contribution < -0.4 is 5.23 Å². The summed E-state index contributed by atoms with van der Waals surface area (Å²) in [7, 11) is 0.272. The number of nitrogens with one attached hydrogen (secondary N) is 1. The number of nitro benzene ring substituents is 1. The van der Waals surface area contributed by atoms with E-state index in [0.717, 1.165) is 18.5 Å². The van der Waals surface area contributed by atoms with Gasteiger partial charge in [-0.2, -0.15) is 0 Å². The average Bonchev–Trinajstić information content (AvgIpc) is 2.15. The number of benzene rings is 1. The van der Waals surface area contributed by atoms with Gasteiger partial charge in [0.15, 0.2) is 0 Å². The summed E-state index contributed by atoms with van der Waals surface area (Å²) < 4.78 is 0. The summed E-state index contributed by atoms with van der Waals surface area (Å²) in [5, 5.41) is 13.6. The summed E-state index contributed by atoms with van der Waals surface area (Å²) in [5.74, 6) is 0. The van der Waals surface area contributed by atoms with Gasteiger partial charge in [0.25, 0.3) is 5.69 Å². The molecule has 0 aliphatic rings. The Morgan fingerprint density at radius 3 is 2.46 bits per heavy atom. The van der Waals surface area contributed by atoms with Gasteiger partial charge in [-0.25, -0.2) is 0 Å². The van der Waals surface area contributed by atoms with E-state index >= 15 is 0 Å². The van der Waals surface area contributed by atoms with Crippen molar-refractivity contribution in [3.8, 4) is 0 Å². The number of nitro groups is 1. The third kappa shape index (κ3) is 2.87. The maximum absolute atomic E-state index is 10.3. The molecule has 1 aromatic rings. The molecule has 0 saturated heterocycles. The molecule has 70 valence electrons. The van der Waals surface area contributed by atoms with Gasteiger partial charge < -0.3 is 5.23 Å². The molecule has 0 aromatic heterocycles. The highest BCUT2D eigenvalue weighted by atomic mass is 16.6. The normalized spacial score (nSPS) is 9.92. The van der Waals surface area contributed by atoms with Gasteiger partial charge in [-0.3, -0.25) is 10.1 Å². The summed E-state index contributed by atoms with van der Waals surface area (Å²) in [6.07, 6.45) is 0.960. The Labute approximate surface area is 77.5 Å². The molecule has 0 bridgehead atoms. The Morgan fingerprint density at radius 2 is 2.00 bits per heavy atom. The van der Waals surface area contributed by atoms with Crippen molar-refractivity contribution in [2.24, 2.45) is 0 Å².